The molecule has 0 amide bonds. The lowest BCUT2D eigenvalue weighted by molar-refractivity contribution is -0.163. The number of fused-ring (bicyclic) bond motifs is 1. The first-order valence-electron chi connectivity index (χ1n) is 3.27. The summed E-state index contributed by atoms with van der Waals surface area (Å²) in [4.78, 5) is 0. The predicted octanol–water partition coefficient (Wildman–Crippen LogP) is -0.668. The number of hydrogen-bond donors (Lipinski definition) is 2. The number of aliphatic hydroxyl groups excluding tert-OH is 2. The van der Waals surface area contributed by atoms with Crippen LogP contribution in [0.4, 0.5) is 0 Å². The highest BCUT2D eigenvalue weighted by Crippen LogP contribution is 2.46. The van der Waals surface area contributed by atoms with E-state index >= 15 is 0 Å². The Bertz CT molecular complexity index is 111. The first-order chi connectivity index (χ1) is 4.29. The molecule has 3 heteroatoms. The minimum Gasteiger partial charge on any atom is -0.390 e. The van der Waals surface area contributed by atoms with Crippen molar-refractivity contribution < 1.29 is 14.9 Å². The van der Waals surface area contributed by atoms with Gasteiger partial charge in [-0.25, -0.2) is 0 Å². The van der Waals surface area contributed by atoms with Crippen LogP contribution in [-0.2, 0) is 4.74 Å². The van der Waals surface area contributed by atoms with Crippen molar-refractivity contribution in [1.29, 1.82) is 0 Å². The number of rotatable bonds is 0. The summed E-state index contributed by atoms with van der Waals surface area (Å²) in [6, 6.07) is 0. The first kappa shape index (κ1) is 5.65. The van der Waals surface area contributed by atoms with E-state index in [4.69, 9.17) is 14.9 Å². The monoisotopic (exact) mass is 130 g/mol. The van der Waals surface area contributed by atoms with Gasteiger partial charge in [0.05, 0.1) is 12.7 Å². The molecule has 1 heterocycles. The lowest BCUT2D eigenvalue weighted by atomic mass is 10.1. The quantitative estimate of drug-likeness (QED) is 0.457. The van der Waals surface area contributed by atoms with Crippen LogP contribution in [0.1, 0.15) is 6.42 Å². The standard InChI is InChI=1S/C6H10O3/c7-5-2-9-6(8)4-1-3(4)5/h3-8H,1-2H2/t3-,4+,5-,6?/m0/s1. The van der Waals surface area contributed by atoms with E-state index in [0.717, 1.165) is 6.42 Å². The molecule has 0 aromatic rings. The van der Waals surface area contributed by atoms with Crippen LogP contribution in [0.15, 0.2) is 0 Å². The lowest BCUT2D eigenvalue weighted by Gasteiger charge is -2.20. The summed E-state index contributed by atoms with van der Waals surface area (Å²) in [6.45, 7) is 0.308. The van der Waals surface area contributed by atoms with Gasteiger partial charge in [-0.15, -0.1) is 0 Å². The van der Waals surface area contributed by atoms with Gasteiger partial charge in [-0.2, -0.15) is 0 Å². The molecule has 2 fully saturated rings. The average molecular weight is 130 g/mol. The summed E-state index contributed by atoms with van der Waals surface area (Å²) >= 11 is 0. The van der Waals surface area contributed by atoms with Crippen molar-refractivity contribution in [2.24, 2.45) is 11.8 Å². The Balaban J connectivity index is 2.01. The molecule has 1 aliphatic heterocycles. The highest BCUT2D eigenvalue weighted by molar-refractivity contribution is 4.95. The fourth-order valence-electron chi connectivity index (χ4n) is 1.45. The number of ether oxygens (including phenoxy) is 1. The van der Waals surface area contributed by atoms with Crippen molar-refractivity contribution in [1.82, 2.24) is 0 Å². The Morgan fingerprint density at radius 2 is 2.00 bits per heavy atom. The third-order valence-electron chi connectivity index (χ3n) is 2.19. The van der Waals surface area contributed by atoms with Gasteiger partial charge in [-0.1, -0.05) is 0 Å². The molecule has 1 aliphatic carbocycles. The van der Waals surface area contributed by atoms with Crippen LogP contribution in [-0.4, -0.2) is 29.2 Å². The van der Waals surface area contributed by atoms with Crippen LogP contribution in [0.2, 0.25) is 0 Å². The summed E-state index contributed by atoms with van der Waals surface area (Å²) in [5, 5.41) is 18.1. The molecule has 3 nitrogen and oxygen atoms in total. The molecule has 1 unspecified atom stereocenters. The molecular weight excluding hydrogens is 120 g/mol. The summed E-state index contributed by atoms with van der Waals surface area (Å²) in [7, 11) is 0. The first-order valence-corrected chi connectivity index (χ1v) is 3.27. The van der Waals surface area contributed by atoms with Gasteiger partial charge in [0.1, 0.15) is 0 Å². The molecule has 9 heavy (non-hydrogen) atoms. The highest BCUT2D eigenvalue weighted by Gasteiger charge is 2.50. The Labute approximate surface area is 53.3 Å². The molecule has 0 aromatic heterocycles. The second-order valence-electron chi connectivity index (χ2n) is 2.85. The van der Waals surface area contributed by atoms with Gasteiger partial charge in [0.15, 0.2) is 6.29 Å². The maximum Gasteiger partial charge on any atom is 0.157 e. The average Bonchev–Trinajstić information content (AvgIpc) is 2.57. The fourth-order valence-corrected chi connectivity index (χ4v) is 1.45. The van der Waals surface area contributed by atoms with Gasteiger partial charge in [-0.05, 0) is 12.3 Å². The zero-order chi connectivity index (χ0) is 6.43. The predicted molar refractivity (Wildman–Crippen MR) is 29.6 cm³/mol. The van der Waals surface area contributed by atoms with Gasteiger partial charge in [-0.3, -0.25) is 0 Å². The van der Waals surface area contributed by atoms with Crippen LogP contribution in [0, 0.1) is 11.8 Å². The van der Waals surface area contributed by atoms with Crippen LogP contribution in [0.25, 0.3) is 0 Å². The van der Waals surface area contributed by atoms with Gasteiger partial charge in [0, 0.05) is 5.92 Å². The molecule has 0 radical (unpaired) electrons. The third kappa shape index (κ3) is 0.764. The smallest absolute Gasteiger partial charge is 0.157 e. The molecule has 0 bridgehead atoms. The molecule has 52 valence electrons. The molecule has 4 atom stereocenters. The summed E-state index contributed by atoms with van der Waals surface area (Å²) in [5.41, 5.74) is 0. The summed E-state index contributed by atoms with van der Waals surface area (Å²) in [6.07, 6.45) is 0.0132. The van der Waals surface area contributed by atoms with E-state index in [-0.39, 0.29) is 12.0 Å². The topological polar surface area (TPSA) is 49.7 Å². The van der Waals surface area contributed by atoms with Crippen molar-refractivity contribution in [3.63, 3.8) is 0 Å². The zero-order valence-electron chi connectivity index (χ0n) is 5.03. The number of hydrogen-bond acceptors (Lipinski definition) is 3. The van der Waals surface area contributed by atoms with E-state index in [1.807, 2.05) is 0 Å². The number of aliphatic hydroxyl groups is 2. The molecule has 1 saturated carbocycles. The second kappa shape index (κ2) is 1.68. The maximum absolute atomic E-state index is 9.10. The van der Waals surface area contributed by atoms with Crippen molar-refractivity contribution in [3.05, 3.63) is 0 Å². The molecule has 1 saturated heterocycles. The van der Waals surface area contributed by atoms with E-state index in [1.54, 1.807) is 0 Å². The van der Waals surface area contributed by atoms with Crippen LogP contribution in [0.5, 0.6) is 0 Å². The van der Waals surface area contributed by atoms with E-state index in [0.29, 0.717) is 12.5 Å². The molecule has 2 N–H and O–H groups in total. The molecule has 0 spiro atoms. The Morgan fingerprint density at radius 1 is 1.22 bits per heavy atom. The Kier molecular flexibility index (Phi) is 1.06. The third-order valence-corrected chi connectivity index (χ3v) is 2.19. The fraction of sp³-hybridized carbons (Fsp3) is 1.00. The molecular formula is C6H10O3. The Morgan fingerprint density at radius 3 is 2.67 bits per heavy atom. The SMILES string of the molecule is OC1OC[C@H](O)[C@H]2C[C@@H]12. The van der Waals surface area contributed by atoms with Crippen molar-refractivity contribution in [3.8, 4) is 0 Å². The van der Waals surface area contributed by atoms with Crippen LogP contribution in [0.3, 0.4) is 0 Å². The van der Waals surface area contributed by atoms with E-state index in [2.05, 4.69) is 0 Å². The minimum atomic E-state index is -0.599. The molecule has 2 aliphatic rings. The van der Waals surface area contributed by atoms with Gasteiger partial charge < -0.3 is 14.9 Å². The van der Waals surface area contributed by atoms with E-state index in [9.17, 15) is 0 Å². The second-order valence-corrected chi connectivity index (χ2v) is 2.85. The van der Waals surface area contributed by atoms with Gasteiger partial charge in [0.2, 0.25) is 0 Å². The van der Waals surface area contributed by atoms with Gasteiger partial charge in [0.25, 0.3) is 0 Å². The van der Waals surface area contributed by atoms with E-state index in [1.165, 1.54) is 0 Å². The summed E-state index contributed by atoms with van der Waals surface area (Å²) < 4.78 is 4.85. The van der Waals surface area contributed by atoms with Crippen molar-refractivity contribution in [2.75, 3.05) is 6.61 Å². The Hall–Kier alpha value is -0.120. The molecule has 2 rings (SSSR count). The van der Waals surface area contributed by atoms with Crippen LogP contribution >= 0.6 is 0 Å². The highest BCUT2D eigenvalue weighted by atomic mass is 16.6. The van der Waals surface area contributed by atoms with Crippen molar-refractivity contribution in [2.45, 2.75) is 18.8 Å². The normalized spacial score (nSPS) is 56.7. The maximum atomic E-state index is 9.10. The summed E-state index contributed by atoms with van der Waals surface area (Å²) in [5.74, 6) is 0.558. The van der Waals surface area contributed by atoms with Crippen LogP contribution < -0.4 is 0 Å². The zero-order valence-corrected chi connectivity index (χ0v) is 5.03. The van der Waals surface area contributed by atoms with Gasteiger partial charge >= 0.3 is 0 Å². The largest absolute Gasteiger partial charge is 0.390 e. The molecule has 0 aromatic carbocycles. The van der Waals surface area contributed by atoms with E-state index < -0.39 is 6.29 Å². The van der Waals surface area contributed by atoms with Crippen molar-refractivity contribution >= 4 is 0 Å². The minimum absolute atomic E-state index is 0.230. The lowest BCUT2D eigenvalue weighted by Crippen LogP contribution is -2.31.